The van der Waals surface area contributed by atoms with Crippen LogP contribution in [0, 0.1) is 12.8 Å². The van der Waals surface area contributed by atoms with Crippen LogP contribution >= 0.6 is 0 Å². The molecule has 1 N–H and O–H groups in total. The van der Waals surface area contributed by atoms with Crippen LogP contribution in [0.2, 0.25) is 0 Å². The van der Waals surface area contributed by atoms with E-state index < -0.39 is 0 Å². The Morgan fingerprint density at radius 3 is 2.59 bits per heavy atom. The number of aryl methyl sites for hydroxylation is 1. The lowest BCUT2D eigenvalue weighted by atomic mass is 9.97. The van der Waals surface area contributed by atoms with Crippen LogP contribution in [0.1, 0.15) is 36.8 Å². The molecule has 1 fully saturated rings. The summed E-state index contributed by atoms with van der Waals surface area (Å²) in [5, 5.41) is 0. The molecule has 0 unspecified atom stereocenters. The highest BCUT2D eigenvalue weighted by molar-refractivity contribution is 5.79. The number of fused-ring (bicyclic) bond motifs is 1. The second-order valence-corrected chi connectivity index (χ2v) is 6.66. The molecular formula is C20H22N2. The Kier molecular flexibility index (Phi) is 3.45. The molecule has 0 saturated heterocycles. The van der Waals surface area contributed by atoms with E-state index in [0.717, 1.165) is 22.8 Å². The Morgan fingerprint density at radius 1 is 1.05 bits per heavy atom. The number of imidazole rings is 1. The van der Waals surface area contributed by atoms with Crippen LogP contribution in [-0.2, 0) is 6.42 Å². The first kappa shape index (κ1) is 13.6. The topological polar surface area (TPSA) is 28.7 Å². The van der Waals surface area contributed by atoms with Crippen LogP contribution < -0.4 is 0 Å². The van der Waals surface area contributed by atoms with Crippen molar-refractivity contribution in [2.45, 2.75) is 39.0 Å². The first-order valence-electron chi connectivity index (χ1n) is 8.33. The highest BCUT2D eigenvalue weighted by Gasteiger charge is 2.15. The largest absolute Gasteiger partial charge is 0.338 e. The number of rotatable bonds is 3. The molecule has 4 rings (SSSR count). The molecule has 0 aliphatic heterocycles. The van der Waals surface area contributed by atoms with Crippen LogP contribution in [-0.4, -0.2) is 9.97 Å². The second kappa shape index (κ2) is 5.60. The fraction of sp³-hybridized carbons (Fsp3) is 0.350. The minimum Gasteiger partial charge on any atom is -0.338 e. The molecule has 1 aliphatic rings. The van der Waals surface area contributed by atoms with E-state index in [1.54, 1.807) is 0 Å². The summed E-state index contributed by atoms with van der Waals surface area (Å²) in [4.78, 5) is 8.14. The smallest absolute Gasteiger partial charge is 0.138 e. The molecule has 112 valence electrons. The lowest BCUT2D eigenvalue weighted by Gasteiger charge is -2.09. The Morgan fingerprint density at radius 2 is 1.82 bits per heavy atom. The van der Waals surface area contributed by atoms with Gasteiger partial charge in [0.25, 0.3) is 0 Å². The predicted molar refractivity (Wildman–Crippen MR) is 91.9 cm³/mol. The molecule has 3 aromatic rings. The Balaban J connectivity index is 1.58. The first-order valence-corrected chi connectivity index (χ1v) is 8.33. The average Bonchev–Trinajstić information content (AvgIpc) is 3.17. The number of hydrogen-bond donors (Lipinski definition) is 1. The molecule has 0 amide bonds. The molecule has 0 radical (unpaired) electrons. The third kappa shape index (κ3) is 2.66. The standard InChI is InChI=1S/C20H22N2/c1-14-6-11-18-19(12-14)22-20(21-18)17-9-7-16(8-10-17)13-15-4-2-3-5-15/h6-12,15H,2-5,13H2,1H3,(H,21,22). The molecule has 0 bridgehead atoms. The zero-order valence-electron chi connectivity index (χ0n) is 13.1. The number of aromatic nitrogens is 2. The Labute approximate surface area is 131 Å². The van der Waals surface area contributed by atoms with Crippen molar-refractivity contribution < 1.29 is 0 Å². The number of hydrogen-bond acceptors (Lipinski definition) is 1. The minimum absolute atomic E-state index is 0.903. The quantitative estimate of drug-likeness (QED) is 0.699. The lowest BCUT2D eigenvalue weighted by Crippen LogP contribution is -1.98. The Hall–Kier alpha value is -2.09. The summed E-state index contributed by atoms with van der Waals surface area (Å²) in [5.74, 6) is 1.87. The van der Waals surface area contributed by atoms with Gasteiger partial charge >= 0.3 is 0 Å². The molecule has 1 aliphatic carbocycles. The summed E-state index contributed by atoms with van der Waals surface area (Å²) < 4.78 is 0. The van der Waals surface area contributed by atoms with Gasteiger partial charge in [0.1, 0.15) is 5.82 Å². The average molecular weight is 290 g/mol. The predicted octanol–water partition coefficient (Wildman–Crippen LogP) is 5.27. The third-order valence-electron chi connectivity index (χ3n) is 4.86. The first-order chi connectivity index (χ1) is 10.8. The van der Waals surface area contributed by atoms with Gasteiger partial charge in [-0.25, -0.2) is 4.98 Å². The molecule has 1 heterocycles. The molecule has 0 atom stereocenters. The fourth-order valence-corrected chi connectivity index (χ4v) is 3.61. The van der Waals surface area contributed by atoms with Gasteiger partial charge in [0, 0.05) is 5.56 Å². The summed E-state index contributed by atoms with van der Waals surface area (Å²) in [6, 6.07) is 15.3. The van der Waals surface area contributed by atoms with Crippen LogP contribution in [0.15, 0.2) is 42.5 Å². The number of nitrogens with zero attached hydrogens (tertiary/aromatic N) is 1. The van der Waals surface area contributed by atoms with E-state index in [1.165, 1.54) is 48.8 Å². The summed E-state index contributed by atoms with van der Waals surface area (Å²) in [6.45, 7) is 2.11. The van der Waals surface area contributed by atoms with Crippen molar-refractivity contribution >= 4 is 11.0 Å². The molecule has 22 heavy (non-hydrogen) atoms. The SMILES string of the molecule is Cc1ccc2nc(-c3ccc(CC4CCCC4)cc3)[nH]c2c1. The van der Waals surface area contributed by atoms with Gasteiger partial charge in [-0.3, -0.25) is 0 Å². The van der Waals surface area contributed by atoms with E-state index in [4.69, 9.17) is 4.98 Å². The monoisotopic (exact) mass is 290 g/mol. The minimum atomic E-state index is 0.903. The van der Waals surface area contributed by atoms with E-state index in [1.807, 2.05) is 0 Å². The summed E-state index contributed by atoms with van der Waals surface area (Å²) in [7, 11) is 0. The molecule has 1 saturated carbocycles. The second-order valence-electron chi connectivity index (χ2n) is 6.66. The van der Waals surface area contributed by atoms with Crippen LogP contribution in [0.4, 0.5) is 0 Å². The van der Waals surface area contributed by atoms with Gasteiger partial charge in [0.2, 0.25) is 0 Å². The summed E-state index contributed by atoms with van der Waals surface area (Å²) >= 11 is 0. The maximum absolute atomic E-state index is 4.70. The van der Waals surface area contributed by atoms with Gasteiger partial charge in [-0.15, -0.1) is 0 Å². The third-order valence-corrected chi connectivity index (χ3v) is 4.86. The number of nitrogens with one attached hydrogen (secondary N) is 1. The van der Waals surface area contributed by atoms with Crippen molar-refractivity contribution in [1.29, 1.82) is 0 Å². The van der Waals surface area contributed by atoms with Crippen molar-refractivity contribution in [2.24, 2.45) is 5.92 Å². The zero-order chi connectivity index (χ0) is 14.9. The van der Waals surface area contributed by atoms with Crippen molar-refractivity contribution in [2.75, 3.05) is 0 Å². The molecule has 1 aromatic heterocycles. The van der Waals surface area contributed by atoms with Gasteiger partial charge in [0.05, 0.1) is 11.0 Å². The molecule has 0 spiro atoms. The van der Waals surface area contributed by atoms with Gasteiger partial charge in [0.15, 0.2) is 0 Å². The maximum Gasteiger partial charge on any atom is 0.138 e. The molecule has 2 aromatic carbocycles. The van der Waals surface area contributed by atoms with E-state index in [9.17, 15) is 0 Å². The van der Waals surface area contributed by atoms with E-state index in [2.05, 4.69) is 54.4 Å². The maximum atomic E-state index is 4.70. The normalized spacial score (nSPS) is 15.7. The van der Waals surface area contributed by atoms with Crippen LogP contribution in [0.5, 0.6) is 0 Å². The zero-order valence-corrected chi connectivity index (χ0v) is 13.1. The highest BCUT2D eigenvalue weighted by atomic mass is 14.9. The lowest BCUT2D eigenvalue weighted by molar-refractivity contribution is 0.546. The van der Waals surface area contributed by atoms with Crippen molar-refractivity contribution in [3.8, 4) is 11.4 Å². The molecule has 2 heteroatoms. The summed E-state index contributed by atoms with van der Waals surface area (Å²) in [6.07, 6.45) is 6.89. The van der Waals surface area contributed by atoms with Crippen molar-refractivity contribution in [3.05, 3.63) is 53.6 Å². The Bertz CT molecular complexity index is 777. The van der Waals surface area contributed by atoms with Gasteiger partial charge in [-0.05, 0) is 42.5 Å². The molecular weight excluding hydrogens is 268 g/mol. The molecule has 2 nitrogen and oxygen atoms in total. The number of benzene rings is 2. The van der Waals surface area contributed by atoms with Gasteiger partial charge in [-0.1, -0.05) is 56.0 Å². The van der Waals surface area contributed by atoms with E-state index in [-0.39, 0.29) is 0 Å². The van der Waals surface area contributed by atoms with Gasteiger partial charge < -0.3 is 4.98 Å². The van der Waals surface area contributed by atoms with Crippen LogP contribution in [0.25, 0.3) is 22.4 Å². The number of aromatic amines is 1. The van der Waals surface area contributed by atoms with E-state index in [0.29, 0.717) is 0 Å². The highest BCUT2D eigenvalue weighted by Crippen LogP contribution is 2.29. The van der Waals surface area contributed by atoms with Crippen molar-refractivity contribution in [1.82, 2.24) is 9.97 Å². The van der Waals surface area contributed by atoms with Gasteiger partial charge in [-0.2, -0.15) is 0 Å². The summed E-state index contributed by atoms with van der Waals surface area (Å²) in [5.41, 5.74) is 6.04. The van der Waals surface area contributed by atoms with Crippen LogP contribution in [0.3, 0.4) is 0 Å². The fourth-order valence-electron chi connectivity index (χ4n) is 3.61. The van der Waals surface area contributed by atoms with Crippen molar-refractivity contribution in [3.63, 3.8) is 0 Å². The number of H-pyrrole nitrogens is 1. The van der Waals surface area contributed by atoms with E-state index >= 15 is 0 Å².